The number of pyridine rings is 1. The number of rotatable bonds is 6. The van der Waals surface area contributed by atoms with Crippen LogP contribution in [-0.4, -0.2) is 74.3 Å². The van der Waals surface area contributed by atoms with Crippen molar-refractivity contribution >= 4 is 21.7 Å². The molecule has 4 rings (SSSR count). The van der Waals surface area contributed by atoms with Crippen LogP contribution in [0.2, 0.25) is 0 Å². The number of hydrogen-bond donors (Lipinski definition) is 0. The molecule has 5 nitrogen and oxygen atoms in total. The van der Waals surface area contributed by atoms with Crippen molar-refractivity contribution in [3.63, 3.8) is 0 Å². The van der Waals surface area contributed by atoms with E-state index >= 15 is 0 Å². The van der Waals surface area contributed by atoms with Gasteiger partial charge in [0.25, 0.3) is 0 Å². The summed E-state index contributed by atoms with van der Waals surface area (Å²) >= 11 is 3.46. The standard InChI is InChI=1S/C23H31BrN4O/c1-26-12-14-27(15-13-26)16-17-29-22-5-2-19(3-6-22)20-8-10-28(11-9-20)23-7-4-21(24)18-25-23/h2-7,18,20H,8-17H2,1H3. The smallest absolute Gasteiger partial charge is 0.128 e. The van der Waals surface area contributed by atoms with E-state index in [2.05, 4.69) is 79.1 Å². The Labute approximate surface area is 182 Å². The minimum absolute atomic E-state index is 0.626. The minimum Gasteiger partial charge on any atom is -0.492 e. The van der Waals surface area contributed by atoms with E-state index < -0.39 is 0 Å². The normalized spacial score (nSPS) is 19.4. The van der Waals surface area contributed by atoms with E-state index in [0.29, 0.717) is 5.92 Å². The Morgan fingerprint density at radius 2 is 1.69 bits per heavy atom. The van der Waals surface area contributed by atoms with Gasteiger partial charge in [0.2, 0.25) is 0 Å². The second-order valence-corrected chi connectivity index (χ2v) is 9.07. The Hall–Kier alpha value is -1.63. The predicted octanol–water partition coefficient (Wildman–Crippen LogP) is 3.85. The molecule has 3 heterocycles. The molecule has 0 aliphatic carbocycles. The third-order valence-corrected chi connectivity index (χ3v) is 6.62. The highest BCUT2D eigenvalue weighted by Gasteiger charge is 2.21. The van der Waals surface area contributed by atoms with Crippen molar-refractivity contribution in [2.45, 2.75) is 18.8 Å². The van der Waals surface area contributed by atoms with Crippen LogP contribution in [0.15, 0.2) is 47.1 Å². The van der Waals surface area contributed by atoms with Crippen molar-refractivity contribution in [1.82, 2.24) is 14.8 Å². The van der Waals surface area contributed by atoms with E-state index in [1.807, 2.05) is 6.20 Å². The van der Waals surface area contributed by atoms with Gasteiger partial charge in [0.15, 0.2) is 0 Å². The van der Waals surface area contributed by atoms with E-state index in [1.165, 1.54) is 18.4 Å². The van der Waals surface area contributed by atoms with Gasteiger partial charge in [-0.25, -0.2) is 4.98 Å². The van der Waals surface area contributed by atoms with E-state index in [0.717, 1.165) is 68.5 Å². The van der Waals surface area contributed by atoms with Gasteiger partial charge in [-0.05, 0) is 71.6 Å². The molecule has 0 radical (unpaired) electrons. The fourth-order valence-corrected chi connectivity index (χ4v) is 4.43. The topological polar surface area (TPSA) is 31.8 Å². The Morgan fingerprint density at radius 1 is 0.966 bits per heavy atom. The molecular formula is C23H31BrN4O. The van der Waals surface area contributed by atoms with Crippen LogP contribution in [0, 0.1) is 0 Å². The highest BCUT2D eigenvalue weighted by Crippen LogP contribution is 2.31. The average molecular weight is 459 g/mol. The molecule has 2 aliphatic rings. The zero-order valence-electron chi connectivity index (χ0n) is 17.3. The summed E-state index contributed by atoms with van der Waals surface area (Å²) in [7, 11) is 2.19. The first-order valence-corrected chi connectivity index (χ1v) is 11.5. The molecule has 1 aromatic carbocycles. The molecule has 29 heavy (non-hydrogen) atoms. The number of benzene rings is 1. The van der Waals surface area contributed by atoms with Crippen LogP contribution in [0.1, 0.15) is 24.3 Å². The summed E-state index contributed by atoms with van der Waals surface area (Å²) in [6, 6.07) is 13.0. The van der Waals surface area contributed by atoms with Crippen molar-refractivity contribution in [3.05, 3.63) is 52.6 Å². The van der Waals surface area contributed by atoms with Crippen LogP contribution in [0.5, 0.6) is 5.75 Å². The van der Waals surface area contributed by atoms with E-state index in [1.54, 1.807) is 0 Å². The van der Waals surface area contributed by atoms with Gasteiger partial charge >= 0.3 is 0 Å². The molecule has 0 N–H and O–H groups in total. The molecular weight excluding hydrogens is 428 g/mol. The number of likely N-dealkylation sites (N-methyl/N-ethyl adjacent to an activating group) is 1. The molecule has 0 atom stereocenters. The molecule has 1 aromatic heterocycles. The summed E-state index contributed by atoms with van der Waals surface area (Å²) in [6.45, 7) is 8.50. The van der Waals surface area contributed by atoms with E-state index in [4.69, 9.17) is 4.74 Å². The molecule has 0 unspecified atom stereocenters. The number of piperazine rings is 1. The maximum absolute atomic E-state index is 5.99. The zero-order valence-corrected chi connectivity index (χ0v) is 18.9. The number of halogens is 1. The third kappa shape index (κ3) is 5.71. The molecule has 2 saturated heterocycles. The molecule has 2 fully saturated rings. The molecule has 0 amide bonds. The van der Waals surface area contributed by atoms with Crippen LogP contribution in [0.4, 0.5) is 5.82 Å². The fourth-order valence-electron chi connectivity index (χ4n) is 4.20. The maximum Gasteiger partial charge on any atom is 0.128 e. The largest absolute Gasteiger partial charge is 0.492 e. The van der Waals surface area contributed by atoms with Gasteiger partial charge in [0, 0.05) is 56.5 Å². The number of ether oxygens (including phenoxy) is 1. The maximum atomic E-state index is 5.99. The predicted molar refractivity (Wildman–Crippen MR) is 122 cm³/mol. The third-order valence-electron chi connectivity index (χ3n) is 6.15. The van der Waals surface area contributed by atoms with Gasteiger partial charge in [-0.1, -0.05) is 12.1 Å². The Balaban J connectivity index is 1.22. The number of nitrogens with zero attached hydrogens (tertiary/aromatic N) is 4. The highest BCUT2D eigenvalue weighted by atomic mass is 79.9. The molecule has 156 valence electrons. The van der Waals surface area contributed by atoms with Crippen molar-refractivity contribution in [1.29, 1.82) is 0 Å². The Bertz CT molecular complexity index is 751. The van der Waals surface area contributed by atoms with E-state index in [-0.39, 0.29) is 0 Å². The molecule has 6 heteroatoms. The summed E-state index contributed by atoms with van der Waals surface area (Å²) in [4.78, 5) is 11.8. The first-order chi connectivity index (χ1) is 14.2. The van der Waals surface area contributed by atoms with Crippen molar-refractivity contribution in [2.75, 3.05) is 64.4 Å². The number of aromatic nitrogens is 1. The van der Waals surface area contributed by atoms with Gasteiger partial charge in [0.1, 0.15) is 18.2 Å². The monoisotopic (exact) mass is 458 g/mol. The van der Waals surface area contributed by atoms with Crippen LogP contribution < -0.4 is 9.64 Å². The van der Waals surface area contributed by atoms with Crippen molar-refractivity contribution < 1.29 is 4.74 Å². The molecule has 0 saturated carbocycles. The van der Waals surface area contributed by atoms with Crippen LogP contribution in [0.25, 0.3) is 0 Å². The second-order valence-electron chi connectivity index (χ2n) is 8.16. The lowest BCUT2D eigenvalue weighted by Gasteiger charge is -2.33. The Kier molecular flexibility index (Phi) is 7.06. The lowest BCUT2D eigenvalue weighted by molar-refractivity contribution is 0.133. The lowest BCUT2D eigenvalue weighted by atomic mass is 9.89. The molecule has 0 bridgehead atoms. The first kappa shape index (κ1) is 20.6. The minimum atomic E-state index is 0.626. The van der Waals surface area contributed by atoms with Crippen LogP contribution >= 0.6 is 15.9 Å². The fraction of sp³-hybridized carbons (Fsp3) is 0.522. The van der Waals surface area contributed by atoms with Gasteiger partial charge in [-0.3, -0.25) is 4.90 Å². The van der Waals surface area contributed by atoms with Crippen molar-refractivity contribution in [2.24, 2.45) is 0 Å². The summed E-state index contributed by atoms with van der Waals surface area (Å²) in [5.41, 5.74) is 1.43. The quantitative estimate of drug-likeness (QED) is 0.655. The lowest BCUT2D eigenvalue weighted by Crippen LogP contribution is -2.45. The zero-order chi connectivity index (χ0) is 20.1. The van der Waals surface area contributed by atoms with Gasteiger partial charge < -0.3 is 14.5 Å². The first-order valence-electron chi connectivity index (χ1n) is 10.7. The molecule has 2 aromatic rings. The second kappa shape index (κ2) is 9.92. The van der Waals surface area contributed by atoms with Gasteiger partial charge in [-0.15, -0.1) is 0 Å². The molecule has 2 aliphatic heterocycles. The average Bonchev–Trinajstić information content (AvgIpc) is 2.76. The summed E-state index contributed by atoms with van der Waals surface area (Å²) in [6.07, 6.45) is 4.21. The summed E-state index contributed by atoms with van der Waals surface area (Å²) in [5.74, 6) is 2.69. The van der Waals surface area contributed by atoms with E-state index in [9.17, 15) is 0 Å². The molecule has 0 spiro atoms. The van der Waals surface area contributed by atoms with Gasteiger partial charge in [0.05, 0.1) is 0 Å². The van der Waals surface area contributed by atoms with Crippen LogP contribution in [-0.2, 0) is 0 Å². The SMILES string of the molecule is CN1CCN(CCOc2ccc(C3CCN(c4ccc(Br)cn4)CC3)cc2)CC1. The number of hydrogen-bond acceptors (Lipinski definition) is 5. The Morgan fingerprint density at radius 3 is 2.34 bits per heavy atom. The number of anilines is 1. The summed E-state index contributed by atoms with van der Waals surface area (Å²) in [5, 5.41) is 0. The van der Waals surface area contributed by atoms with Gasteiger partial charge in [-0.2, -0.15) is 0 Å². The van der Waals surface area contributed by atoms with Crippen molar-refractivity contribution in [3.8, 4) is 5.75 Å². The highest BCUT2D eigenvalue weighted by molar-refractivity contribution is 9.10. The number of piperidine rings is 1. The summed E-state index contributed by atoms with van der Waals surface area (Å²) < 4.78 is 7.02. The van der Waals surface area contributed by atoms with Crippen LogP contribution in [0.3, 0.4) is 0 Å².